The van der Waals surface area contributed by atoms with Gasteiger partial charge in [0.05, 0.1) is 38.0 Å². The van der Waals surface area contributed by atoms with E-state index in [-0.39, 0.29) is 0 Å². The summed E-state index contributed by atoms with van der Waals surface area (Å²) in [7, 11) is 0. The molecule has 0 radical (unpaired) electrons. The predicted molar refractivity (Wildman–Crippen MR) is 191 cm³/mol. The second-order valence-electron chi connectivity index (χ2n) is 11.6. The summed E-state index contributed by atoms with van der Waals surface area (Å²) in [5.41, 5.74) is 6.31. The number of hydrogen-bond donors (Lipinski definition) is 0. The Hall–Kier alpha value is -6.25. The number of rotatable bonds is 3. The molecule has 6 aromatic carbocycles. The first-order chi connectivity index (χ1) is 23.2. The monoisotopic (exact) mass is 625 g/mol. The smallest absolute Gasteiger partial charge is 0.307 e. The van der Waals surface area contributed by atoms with E-state index in [1.54, 1.807) is 6.07 Å². The zero-order chi connectivity index (χ0) is 31.2. The minimum atomic E-state index is -0.604. The highest BCUT2D eigenvalue weighted by atomic mass is 32.1. The Bertz CT molecular complexity index is 3020. The van der Waals surface area contributed by atoms with Crippen molar-refractivity contribution in [2.24, 2.45) is 0 Å². The molecule has 0 saturated heterocycles. The fraction of sp³-hybridized carbons (Fsp3) is 0. The molecular formula is C39H23N5O2S. The molecule has 0 aliphatic heterocycles. The molecule has 10 aromatic rings. The van der Waals surface area contributed by atoms with Gasteiger partial charge in [-0.2, -0.15) is 4.98 Å². The van der Waals surface area contributed by atoms with Crippen molar-refractivity contribution in [2.75, 3.05) is 0 Å². The van der Waals surface area contributed by atoms with E-state index in [1.165, 1.54) is 25.7 Å². The molecule has 222 valence electrons. The summed E-state index contributed by atoms with van der Waals surface area (Å²) in [6.07, 6.45) is 0. The molecule has 0 spiro atoms. The van der Waals surface area contributed by atoms with E-state index in [4.69, 9.17) is 0 Å². The van der Waals surface area contributed by atoms with E-state index in [2.05, 4.69) is 93.0 Å². The van der Waals surface area contributed by atoms with Crippen molar-refractivity contribution in [3.05, 3.63) is 160 Å². The molecule has 4 heterocycles. The van der Waals surface area contributed by atoms with E-state index >= 15 is 0 Å². The van der Waals surface area contributed by atoms with Gasteiger partial charge in [-0.25, -0.2) is 18.6 Å². The van der Waals surface area contributed by atoms with Crippen LogP contribution in [0.4, 0.5) is 0 Å². The van der Waals surface area contributed by atoms with Gasteiger partial charge in [-0.1, -0.05) is 96.3 Å². The summed E-state index contributed by atoms with van der Waals surface area (Å²) in [5.74, 6) is 0. The Morgan fingerprint density at radius 2 is 1.00 bits per heavy atom. The Labute approximate surface area is 270 Å². The molecule has 0 saturated carbocycles. The van der Waals surface area contributed by atoms with Crippen molar-refractivity contribution < 1.29 is 0 Å². The van der Waals surface area contributed by atoms with Gasteiger partial charge in [0, 0.05) is 32.9 Å². The summed E-state index contributed by atoms with van der Waals surface area (Å²) >= 11 is 1.33. The van der Waals surface area contributed by atoms with Gasteiger partial charge in [0.15, 0.2) is 0 Å². The molecule has 47 heavy (non-hydrogen) atoms. The lowest BCUT2D eigenvalue weighted by atomic mass is 10.1. The Morgan fingerprint density at radius 1 is 0.468 bits per heavy atom. The molecule has 10 rings (SSSR count). The number of benzene rings is 6. The molecule has 0 aliphatic carbocycles. The van der Waals surface area contributed by atoms with Crippen molar-refractivity contribution in [1.29, 1.82) is 0 Å². The number of nitrogens with zero attached hydrogens (tertiary/aromatic N) is 5. The van der Waals surface area contributed by atoms with Gasteiger partial charge in [0.2, 0.25) is 4.96 Å². The van der Waals surface area contributed by atoms with E-state index in [9.17, 15) is 9.59 Å². The predicted octanol–water partition coefficient (Wildman–Crippen LogP) is 8.25. The average Bonchev–Trinajstić information content (AvgIpc) is 3.76. The first-order valence-electron chi connectivity index (χ1n) is 15.3. The van der Waals surface area contributed by atoms with Gasteiger partial charge in [0.1, 0.15) is 0 Å². The quantitative estimate of drug-likeness (QED) is 0.199. The molecule has 0 fully saturated rings. The lowest BCUT2D eigenvalue weighted by molar-refractivity contribution is 0.813. The van der Waals surface area contributed by atoms with Crippen LogP contribution in [-0.4, -0.2) is 23.1 Å². The van der Waals surface area contributed by atoms with Crippen LogP contribution in [-0.2, 0) is 0 Å². The lowest BCUT2D eigenvalue weighted by Gasteiger charge is -2.13. The Morgan fingerprint density at radius 3 is 1.68 bits per heavy atom. The molecule has 0 N–H and O–H groups in total. The Balaban J connectivity index is 1.33. The molecule has 0 unspecified atom stereocenters. The summed E-state index contributed by atoms with van der Waals surface area (Å²) in [6.45, 7) is 0. The highest BCUT2D eigenvalue weighted by Crippen LogP contribution is 2.41. The highest BCUT2D eigenvalue weighted by molar-refractivity contribution is 7.23. The maximum atomic E-state index is 14.0. The average molecular weight is 626 g/mol. The van der Waals surface area contributed by atoms with Gasteiger partial charge in [-0.15, -0.1) is 0 Å². The molecule has 0 bridgehead atoms. The standard InChI is InChI=1S/C39H23N5O2S/c45-37-40-38-44(33-19-8-9-20-34(33)47-38)39(46)43(37)26-14-10-13-25(23-26)42-32-18-7-5-16-28(32)30-22-21-29-27-15-4-6-17-31(27)41(35(29)36(30)42)24-11-2-1-3-12-24/h1-23H. The van der Waals surface area contributed by atoms with Gasteiger partial charge < -0.3 is 9.13 Å². The summed E-state index contributed by atoms with van der Waals surface area (Å²) in [5, 5.41) is 4.54. The van der Waals surface area contributed by atoms with Gasteiger partial charge in [-0.3, -0.25) is 0 Å². The van der Waals surface area contributed by atoms with Crippen LogP contribution in [0.15, 0.2) is 149 Å². The third-order valence-corrected chi connectivity index (χ3v) is 10.1. The van der Waals surface area contributed by atoms with Crippen molar-refractivity contribution >= 4 is 70.1 Å². The van der Waals surface area contributed by atoms with E-state index in [0.717, 1.165) is 59.8 Å². The topological polar surface area (TPSA) is 66.2 Å². The molecule has 4 aromatic heterocycles. The zero-order valence-electron chi connectivity index (χ0n) is 24.7. The van der Waals surface area contributed by atoms with Crippen molar-refractivity contribution in [3.63, 3.8) is 0 Å². The number of hydrogen-bond acceptors (Lipinski definition) is 4. The normalized spacial score (nSPS) is 12.0. The minimum absolute atomic E-state index is 0.382. The zero-order valence-corrected chi connectivity index (χ0v) is 25.6. The molecular weight excluding hydrogens is 603 g/mol. The van der Waals surface area contributed by atoms with Crippen LogP contribution in [0.1, 0.15) is 0 Å². The maximum Gasteiger partial charge on any atom is 0.359 e. The number of para-hydroxylation sites is 4. The number of aromatic nitrogens is 5. The molecule has 0 aliphatic rings. The molecule has 7 nitrogen and oxygen atoms in total. The first-order valence-corrected chi connectivity index (χ1v) is 16.1. The van der Waals surface area contributed by atoms with Crippen LogP contribution < -0.4 is 11.4 Å². The van der Waals surface area contributed by atoms with Crippen LogP contribution in [0.3, 0.4) is 0 Å². The van der Waals surface area contributed by atoms with Gasteiger partial charge >= 0.3 is 11.4 Å². The van der Waals surface area contributed by atoms with Crippen LogP contribution in [0.2, 0.25) is 0 Å². The van der Waals surface area contributed by atoms with Crippen molar-refractivity contribution in [3.8, 4) is 17.1 Å². The van der Waals surface area contributed by atoms with E-state index in [1.807, 2.05) is 54.6 Å². The molecule has 8 heteroatoms. The molecule has 0 atom stereocenters. The van der Waals surface area contributed by atoms with Crippen molar-refractivity contribution in [1.82, 2.24) is 23.1 Å². The molecule has 0 amide bonds. The lowest BCUT2D eigenvalue weighted by Crippen LogP contribution is -2.37. The fourth-order valence-electron chi connectivity index (χ4n) is 7.15. The largest absolute Gasteiger partial charge is 0.359 e. The second kappa shape index (κ2) is 9.62. The number of thiazole rings is 1. The van der Waals surface area contributed by atoms with Crippen LogP contribution in [0.25, 0.3) is 75.9 Å². The second-order valence-corrected chi connectivity index (χ2v) is 12.6. The van der Waals surface area contributed by atoms with E-state index in [0.29, 0.717) is 10.6 Å². The Kier molecular flexibility index (Phi) is 5.33. The van der Waals surface area contributed by atoms with E-state index < -0.39 is 11.4 Å². The third-order valence-electron chi connectivity index (χ3n) is 9.09. The summed E-state index contributed by atoms with van der Waals surface area (Å²) in [4.78, 5) is 32.2. The summed E-state index contributed by atoms with van der Waals surface area (Å²) in [6, 6.07) is 47.0. The maximum absolute atomic E-state index is 14.0. The van der Waals surface area contributed by atoms with Gasteiger partial charge in [-0.05, 0) is 54.6 Å². The number of fused-ring (bicyclic) bond motifs is 10. The summed E-state index contributed by atoms with van der Waals surface area (Å²) < 4.78 is 8.17. The van der Waals surface area contributed by atoms with Crippen molar-refractivity contribution in [2.45, 2.75) is 0 Å². The highest BCUT2D eigenvalue weighted by Gasteiger charge is 2.22. The van der Waals surface area contributed by atoms with Gasteiger partial charge in [0.25, 0.3) is 0 Å². The minimum Gasteiger partial charge on any atom is -0.307 e. The van der Waals surface area contributed by atoms with Crippen LogP contribution in [0, 0.1) is 0 Å². The first kappa shape index (κ1) is 26.0. The SMILES string of the molecule is O=c1nc2sc3ccccc3n2c(=O)n1-c1cccc(-n2c3ccccc3c3ccc4c5ccccc5n(-c5ccccc5)c4c32)c1. The fourth-order valence-corrected chi connectivity index (χ4v) is 8.15. The van der Waals surface area contributed by atoms with Crippen LogP contribution in [0.5, 0.6) is 0 Å². The third kappa shape index (κ3) is 3.58. The van der Waals surface area contributed by atoms with Crippen LogP contribution >= 0.6 is 11.3 Å².